The number of benzene rings is 7. The van der Waals surface area contributed by atoms with Crippen molar-refractivity contribution < 1.29 is 19.2 Å². The Morgan fingerprint density at radius 1 is 0.608 bits per heavy atom. The minimum Gasteiger partial charge on any atom is -0.336 e. The lowest BCUT2D eigenvalue weighted by atomic mass is 9.73. The highest BCUT2D eigenvalue weighted by molar-refractivity contribution is 6.04. The monoisotopic (exact) mass is 1300 g/mol. The zero-order valence-electron chi connectivity index (χ0n) is 59.3. The molecule has 15 rings (SSSR count). The summed E-state index contributed by atoms with van der Waals surface area (Å²) in [5, 5.41) is 2.90. The van der Waals surface area contributed by atoms with Crippen molar-refractivity contribution in [2.75, 3.05) is 72.9 Å². The second kappa shape index (κ2) is 31.3. The van der Waals surface area contributed by atoms with Crippen LogP contribution in [0.25, 0.3) is 27.5 Å². The number of Topliss-reactive ketones (excluding diaryl/α,β-unsaturated/α-hetero) is 3. The van der Waals surface area contributed by atoms with Crippen LogP contribution in [-0.2, 0) is 33.5 Å². The average Bonchev–Trinajstić information content (AvgIpc) is 1.57. The minimum absolute atomic E-state index is 0.0272. The van der Waals surface area contributed by atoms with E-state index in [1.54, 1.807) is 23.4 Å². The molecule has 12 nitrogen and oxygen atoms in total. The number of likely N-dealkylation sites (N-methyl/N-ethyl adjacent to an activating group) is 2. The average molecular weight is 1300 g/mol. The Morgan fingerprint density at radius 2 is 1.14 bits per heavy atom. The van der Waals surface area contributed by atoms with E-state index >= 15 is 0 Å². The maximum absolute atomic E-state index is 12.1. The molecule has 7 aromatic carbocycles. The third-order valence-electron chi connectivity index (χ3n) is 20.6. The van der Waals surface area contributed by atoms with Crippen molar-refractivity contribution in [2.45, 2.75) is 123 Å². The van der Waals surface area contributed by atoms with Gasteiger partial charge in [0.1, 0.15) is 11.6 Å². The number of fused-ring (bicyclic) bond motifs is 6. The number of anilines is 1. The molecule has 12 heteroatoms. The molecule has 0 bridgehead atoms. The molecule has 0 aliphatic carbocycles. The third kappa shape index (κ3) is 16.5. The van der Waals surface area contributed by atoms with Gasteiger partial charge in [-0.15, -0.1) is 0 Å². The molecule has 6 aliphatic heterocycles. The normalized spacial score (nSPS) is 22.0. The number of nitrogens with two attached hydrogens (primary N) is 1. The van der Waals surface area contributed by atoms with Gasteiger partial charge in [-0.25, -0.2) is 0 Å². The van der Waals surface area contributed by atoms with E-state index in [0.29, 0.717) is 42.4 Å². The SMILES string of the molecule is C=CC(=O)c1ccccc1.CC1CN(C)CCC1=O.CN1CCC(=O)C(C)(CCC(=O)c2ccccc2)C1.Cc1ccc(NN)cc1.Cc1ccc2c(c1)c1c3n2C(c2ccccc2)=CCC3(C)CN(C)C1.Cc1ccc2c(c1)c1c3n2C(c2ccccc2)CCC3(C)CN(C)C1. The number of hydrogen-bond acceptors (Lipinski definition) is 10. The predicted octanol–water partition coefficient (Wildman–Crippen LogP) is 16.4. The number of ketones is 4. The molecule has 2 aromatic heterocycles. The number of carbonyl (C=O) groups is 4. The number of nitrogen functional groups attached to an aromatic ring is 1. The summed E-state index contributed by atoms with van der Waals surface area (Å²) in [6, 6.07) is 62.6. The van der Waals surface area contributed by atoms with Crippen LogP contribution < -0.4 is 11.3 Å². The summed E-state index contributed by atoms with van der Waals surface area (Å²) in [6.07, 6.45) is 9.79. The van der Waals surface area contributed by atoms with Crippen molar-refractivity contribution in [2.24, 2.45) is 17.2 Å². The Morgan fingerprint density at radius 3 is 1.73 bits per heavy atom. The molecule has 3 N–H and O–H groups in total. The van der Waals surface area contributed by atoms with Crippen molar-refractivity contribution >= 4 is 56.3 Å². The van der Waals surface area contributed by atoms with Gasteiger partial charge in [-0.05, 0) is 139 Å². The third-order valence-corrected chi connectivity index (χ3v) is 20.6. The first-order valence-electron chi connectivity index (χ1n) is 34.7. The van der Waals surface area contributed by atoms with Gasteiger partial charge in [0, 0.05) is 144 Å². The molecular weight excluding hydrogens is 1200 g/mol. The first-order chi connectivity index (χ1) is 46.5. The summed E-state index contributed by atoms with van der Waals surface area (Å²) in [5.41, 5.74) is 22.1. The second-order valence-electron chi connectivity index (χ2n) is 29.1. The summed E-state index contributed by atoms with van der Waals surface area (Å²) in [7, 11) is 8.62. The number of rotatable bonds is 9. The van der Waals surface area contributed by atoms with Crippen LogP contribution in [0.3, 0.4) is 0 Å². The number of hydrazine groups is 1. The first kappa shape index (κ1) is 71.2. The fraction of sp³-hybridized carbons (Fsp3) is 0.365. The topological polar surface area (TPSA) is 129 Å². The van der Waals surface area contributed by atoms with E-state index in [-0.39, 0.29) is 33.7 Å². The van der Waals surface area contributed by atoms with Gasteiger partial charge in [0.2, 0.25) is 0 Å². The fourth-order valence-corrected chi connectivity index (χ4v) is 15.7. The highest BCUT2D eigenvalue weighted by atomic mass is 16.1. The number of aryl methyl sites for hydroxylation is 3. The van der Waals surface area contributed by atoms with Crippen LogP contribution >= 0.6 is 0 Å². The van der Waals surface area contributed by atoms with Crippen molar-refractivity contribution in [1.82, 2.24) is 28.7 Å². The molecular formula is C85H102N8O4. The Balaban J connectivity index is 0.000000133. The zero-order valence-corrected chi connectivity index (χ0v) is 59.3. The molecule has 0 spiro atoms. The van der Waals surface area contributed by atoms with Gasteiger partial charge in [0.25, 0.3) is 0 Å². The summed E-state index contributed by atoms with van der Waals surface area (Å²) < 4.78 is 5.24. The molecule has 5 atom stereocenters. The van der Waals surface area contributed by atoms with E-state index in [1.165, 1.54) is 85.5 Å². The molecule has 2 saturated heterocycles. The molecule has 97 heavy (non-hydrogen) atoms. The van der Waals surface area contributed by atoms with Crippen molar-refractivity contribution in [3.05, 3.63) is 262 Å². The van der Waals surface area contributed by atoms with Crippen LogP contribution in [0.4, 0.5) is 5.69 Å². The highest BCUT2D eigenvalue weighted by Gasteiger charge is 2.45. The maximum Gasteiger partial charge on any atom is 0.185 e. The van der Waals surface area contributed by atoms with Gasteiger partial charge in [0.15, 0.2) is 11.6 Å². The minimum atomic E-state index is -0.364. The number of carbonyl (C=O) groups excluding carboxylic acids is 4. The first-order valence-corrected chi connectivity index (χ1v) is 34.7. The second-order valence-corrected chi connectivity index (χ2v) is 29.1. The lowest BCUT2D eigenvalue weighted by Crippen LogP contribution is -2.46. The van der Waals surface area contributed by atoms with Crippen molar-refractivity contribution in [3.63, 3.8) is 0 Å². The number of hydrogen-bond donors (Lipinski definition) is 2. The molecule has 0 amide bonds. The number of likely N-dealkylation sites (tertiary alicyclic amines) is 2. The largest absolute Gasteiger partial charge is 0.336 e. The van der Waals surface area contributed by atoms with Gasteiger partial charge in [-0.1, -0.05) is 203 Å². The van der Waals surface area contributed by atoms with Gasteiger partial charge < -0.3 is 34.2 Å². The number of piperidine rings is 2. The van der Waals surface area contributed by atoms with Crippen LogP contribution in [0.1, 0.15) is 150 Å². The Labute approximate surface area is 576 Å². The lowest BCUT2D eigenvalue weighted by molar-refractivity contribution is -0.132. The van der Waals surface area contributed by atoms with Crippen LogP contribution in [0.2, 0.25) is 0 Å². The molecule has 0 radical (unpaired) electrons. The van der Waals surface area contributed by atoms with Gasteiger partial charge in [-0.2, -0.15) is 0 Å². The summed E-state index contributed by atoms with van der Waals surface area (Å²) in [6.45, 7) is 26.6. The Hall–Kier alpha value is -8.62. The quantitative estimate of drug-likeness (QED) is 0.0624. The van der Waals surface area contributed by atoms with Crippen LogP contribution in [0.5, 0.6) is 0 Å². The standard InChI is InChI=1S/C23H26N2.C23H24N2.C16H21NO2.C9H8O.C7H10N2.C7H13NO/c2*1-16-9-10-21-18(13-16)19-14-24(3)15-23(2)12-11-20(25(21)22(19)23)17-7-5-4-6-8-17;1-16(12-17(2)11-9-15(16)19)10-8-14(18)13-6-4-3-5-7-13;1-2-9(10)8-6-4-3-5-7-8;1-6-2-4-7(9-8)5-3-6;1-6-5-8(2)4-3-7(6)9/h4-10,13,20H,11-12,14-15H2,1-3H3;4-11,13H,12,14-15H2,1-3H3;3-7H,8-12H2,1-2H3;2-7H,1H2;2-5,9H,8H2,1H3;6H,3-5H2,1-2H3. The molecule has 6 aliphatic rings. The Kier molecular flexibility index (Phi) is 22.9. The zero-order chi connectivity index (χ0) is 69.2. The van der Waals surface area contributed by atoms with E-state index < -0.39 is 0 Å². The fourth-order valence-electron chi connectivity index (χ4n) is 15.7. The molecule has 9 aromatic rings. The smallest absolute Gasteiger partial charge is 0.185 e. The maximum atomic E-state index is 12.1. The molecule has 506 valence electrons. The van der Waals surface area contributed by atoms with Gasteiger partial charge >= 0.3 is 0 Å². The number of allylic oxidation sites excluding steroid dienone is 2. The Bertz CT molecular complexity index is 4250. The van der Waals surface area contributed by atoms with E-state index in [4.69, 9.17) is 5.84 Å². The number of aromatic nitrogens is 2. The summed E-state index contributed by atoms with van der Waals surface area (Å²) in [4.78, 5) is 55.3. The van der Waals surface area contributed by atoms with Gasteiger partial charge in [-0.3, -0.25) is 25.0 Å². The van der Waals surface area contributed by atoms with Crippen LogP contribution in [-0.4, -0.2) is 119 Å². The number of nitrogens with one attached hydrogen (secondary N) is 1. The van der Waals surface area contributed by atoms with Gasteiger partial charge in [0.05, 0.1) is 11.6 Å². The predicted molar refractivity (Wildman–Crippen MR) is 400 cm³/mol. The number of nitrogens with zero attached hydrogens (tertiary/aromatic N) is 6. The van der Waals surface area contributed by atoms with Crippen molar-refractivity contribution in [1.29, 1.82) is 0 Å². The molecule has 8 heterocycles. The van der Waals surface area contributed by atoms with Crippen molar-refractivity contribution in [3.8, 4) is 0 Å². The molecule has 5 unspecified atom stereocenters. The molecule has 2 fully saturated rings. The van der Waals surface area contributed by atoms with Crippen LogP contribution in [0.15, 0.2) is 201 Å². The van der Waals surface area contributed by atoms with E-state index in [2.05, 4.69) is 193 Å². The summed E-state index contributed by atoms with van der Waals surface area (Å²) >= 11 is 0. The van der Waals surface area contributed by atoms with E-state index in [0.717, 1.165) is 76.5 Å². The van der Waals surface area contributed by atoms with E-state index in [1.807, 2.05) is 101 Å². The van der Waals surface area contributed by atoms with E-state index in [9.17, 15) is 19.2 Å². The summed E-state index contributed by atoms with van der Waals surface area (Å²) in [5.74, 6) is 6.24. The lowest BCUT2D eigenvalue weighted by Gasteiger charge is -2.45. The highest BCUT2D eigenvalue weighted by Crippen LogP contribution is 2.51. The molecule has 0 saturated carbocycles. The van der Waals surface area contributed by atoms with Crippen LogP contribution in [0, 0.1) is 32.1 Å².